The largest absolute Gasteiger partial charge is 0.395 e. The Bertz CT molecular complexity index is 846. The van der Waals surface area contributed by atoms with E-state index in [9.17, 15) is 29.6 Å². The molecule has 0 unspecified atom stereocenters. The summed E-state index contributed by atoms with van der Waals surface area (Å²) >= 11 is 0. The third-order valence-electron chi connectivity index (χ3n) is 5.54. The smallest absolute Gasteiger partial charge is 0.251 e. The number of β-amino-alcohol motifs (C(OH)–C–C–N with tert-alkyl or cyclic N) is 1. The van der Waals surface area contributed by atoms with Crippen LogP contribution in [0.4, 0.5) is 4.39 Å². The standard InChI is InChI=1S/C22H27FN2O5/c1-13(15-6-8-17(23)9-7-15)24-22(30)16-4-2-14(3-5-16)10-25-11-19(27)21(29)20(28)18(25)12-26/h2-9,13,18-21,26-29H,10-12H2,1H3,(H,24,30)/t13-,18+,19+,20-,21-/m1/s1. The summed E-state index contributed by atoms with van der Waals surface area (Å²) in [4.78, 5) is 14.2. The fourth-order valence-electron chi connectivity index (χ4n) is 3.67. The molecular weight excluding hydrogens is 391 g/mol. The van der Waals surface area contributed by atoms with Crippen LogP contribution in [-0.2, 0) is 6.54 Å². The van der Waals surface area contributed by atoms with E-state index in [1.54, 1.807) is 41.3 Å². The lowest BCUT2D eigenvalue weighted by Gasteiger charge is -2.43. The molecule has 0 saturated carbocycles. The van der Waals surface area contributed by atoms with E-state index in [2.05, 4.69) is 5.32 Å². The highest BCUT2D eigenvalue weighted by Crippen LogP contribution is 2.21. The summed E-state index contributed by atoms with van der Waals surface area (Å²) in [6, 6.07) is 11.8. The summed E-state index contributed by atoms with van der Waals surface area (Å²) in [5.74, 6) is -0.599. The van der Waals surface area contributed by atoms with Gasteiger partial charge in [-0.05, 0) is 42.3 Å². The molecule has 2 aromatic rings. The van der Waals surface area contributed by atoms with Crippen molar-refractivity contribution in [2.75, 3.05) is 13.2 Å². The number of rotatable bonds is 6. The Kier molecular flexibility index (Phi) is 7.17. The first kappa shape index (κ1) is 22.3. The second kappa shape index (κ2) is 9.63. The van der Waals surface area contributed by atoms with Gasteiger partial charge < -0.3 is 25.7 Å². The summed E-state index contributed by atoms with van der Waals surface area (Å²) in [5.41, 5.74) is 2.08. The maximum Gasteiger partial charge on any atom is 0.251 e. The van der Waals surface area contributed by atoms with Crippen LogP contribution in [-0.4, -0.2) is 68.7 Å². The number of hydrogen-bond acceptors (Lipinski definition) is 6. The third kappa shape index (κ3) is 5.03. The fourth-order valence-corrected chi connectivity index (χ4v) is 3.67. The van der Waals surface area contributed by atoms with Gasteiger partial charge in [0.15, 0.2) is 0 Å². The van der Waals surface area contributed by atoms with E-state index in [0.29, 0.717) is 12.1 Å². The van der Waals surface area contributed by atoms with Gasteiger partial charge in [0.25, 0.3) is 5.91 Å². The number of amides is 1. The van der Waals surface area contributed by atoms with Crippen LogP contribution in [0.2, 0.25) is 0 Å². The second-order valence-corrected chi connectivity index (χ2v) is 7.67. The Morgan fingerprint density at radius 3 is 2.33 bits per heavy atom. The molecule has 1 fully saturated rings. The number of aliphatic hydroxyl groups is 4. The first-order valence-corrected chi connectivity index (χ1v) is 9.84. The minimum atomic E-state index is -1.30. The molecule has 0 aromatic heterocycles. The van der Waals surface area contributed by atoms with E-state index >= 15 is 0 Å². The van der Waals surface area contributed by atoms with Crippen molar-refractivity contribution in [2.45, 2.75) is 43.9 Å². The predicted octanol–water partition coefficient (Wildman–Crippen LogP) is 0.576. The van der Waals surface area contributed by atoms with Gasteiger partial charge in [0, 0.05) is 18.7 Å². The van der Waals surface area contributed by atoms with Gasteiger partial charge in [0.2, 0.25) is 0 Å². The minimum Gasteiger partial charge on any atom is -0.395 e. The summed E-state index contributed by atoms with van der Waals surface area (Å²) in [6.07, 6.45) is -3.66. The molecule has 1 saturated heterocycles. The molecule has 1 amide bonds. The molecule has 8 heteroatoms. The van der Waals surface area contributed by atoms with Gasteiger partial charge in [-0.25, -0.2) is 4.39 Å². The lowest BCUT2D eigenvalue weighted by molar-refractivity contribution is -0.147. The van der Waals surface area contributed by atoms with Crippen LogP contribution < -0.4 is 5.32 Å². The number of hydrogen-bond donors (Lipinski definition) is 5. The molecule has 0 spiro atoms. The van der Waals surface area contributed by atoms with Crippen LogP contribution in [0.15, 0.2) is 48.5 Å². The number of aliphatic hydroxyl groups excluding tert-OH is 4. The van der Waals surface area contributed by atoms with Crippen LogP contribution in [0.25, 0.3) is 0 Å². The molecular formula is C22H27FN2O5. The third-order valence-corrected chi connectivity index (χ3v) is 5.54. The highest BCUT2D eigenvalue weighted by Gasteiger charge is 2.40. The summed E-state index contributed by atoms with van der Waals surface area (Å²) in [6.45, 7) is 1.91. The molecule has 1 heterocycles. The van der Waals surface area contributed by atoms with Crippen LogP contribution in [0.3, 0.4) is 0 Å². The van der Waals surface area contributed by atoms with E-state index in [1.165, 1.54) is 12.1 Å². The van der Waals surface area contributed by atoms with Gasteiger partial charge in [0.1, 0.15) is 18.0 Å². The van der Waals surface area contributed by atoms with Crippen LogP contribution in [0.1, 0.15) is 34.5 Å². The van der Waals surface area contributed by atoms with Crippen LogP contribution in [0, 0.1) is 5.82 Å². The molecule has 0 aliphatic carbocycles. The maximum atomic E-state index is 13.0. The predicted molar refractivity (Wildman–Crippen MR) is 108 cm³/mol. The van der Waals surface area contributed by atoms with Crippen molar-refractivity contribution in [1.29, 1.82) is 0 Å². The lowest BCUT2D eigenvalue weighted by Crippen LogP contribution is -2.62. The number of likely N-dealkylation sites (tertiary alicyclic amines) is 1. The Labute approximate surface area is 174 Å². The molecule has 1 aliphatic heterocycles. The van der Waals surface area contributed by atoms with Gasteiger partial charge in [-0.15, -0.1) is 0 Å². The van der Waals surface area contributed by atoms with Gasteiger partial charge in [-0.3, -0.25) is 9.69 Å². The van der Waals surface area contributed by atoms with Crippen molar-refractivity contribution in [3.8, 4) is 0 Å². The number of nitrogens with zero attached hydrogens (tertiary/aromatic N) is 1. The van der Waals surface area contributed by atoms with Crippen molar-refractivity contribution >= 4 is 5.91 Å². The SMILES string of the molecule is C[C@@H](NC(=O)c1ccc(CN2C[C@H](O)[C@@H](O)[C@H](O)[C@@H]2CO)cc1)c1ccc(F)cc1. The van der Waals surface area contributed by atoms with E-state index in [-0.39, 0.29) is 30.9 Å². The van der Waals surface area contributed by atoms with Gasteiger partial charge in [-0.2, -0.15) is 0 Å². The summed E-state index contributed by atoms with van der Waals surface area (Å²) < 4.78 is 13.0. The number of halogens is 1. The van der Waals surface area contributed by atoms with Crippen molar-refractivity contribution in [3.63, 3.8) is 0 Å². The fraction of sp³-hybridized carbons (Fsp3) is 0.409. The number of piperidine rings is 1. The molecule has 0 bridgehead atoms. The molecule has 5 N–H and O–H groups in total. The number of carbonyl (C=O) groups is 1. The molecule has 7 nitrogen and oxygen atoms in total. The lowest BCUT2D eigenvalue weighted by atomic mass is 9.93. The zero-order chi connectivity index (χ0) is 21.8. The van der Waals surface area contributed by atoms with Crippen LogP contribution in [0.5, 0.6) is 0 Å². The summed E-state index contributed by atoms with van der Waals surface area (Å²) in [7, 11) is 0. The normalized spacial score (nSPS) is 25.7. The van der Waals surface area contributed by atoms with Crippen molar-refractivity contribution < 1.29 is 29.6 Å². The quantitative estimate of drug-likeness (QED) is 0.469. The van der Waals surface area contributed by atoms with E-state index in [1.807, 2.05) is 6.92 Å². The van der Waals surface area contributed by atoms with Crippen molar-refractivity contribution in [1.82, 2.24) is 10.2 Å². The molecule has 3 rings (SSSR count). The average molecular weight is 418 g/mol. The van der Waals surface area contributed by atoms with Gasteiger partial charge >= 0.3 is 0 Å². The Balaban J connectivity index is 1.62. The Hall–Kier alpha value is -2.36. The zero-order valence-corrected chi connectivity index (χ0v) is 16.6. The molecule has 1 aliphatic rings. The van der Waals surface area contributed by atoms with Crippen molar-refractivity contribution in [3.05, 3.63) is 71.0 Å². The monoisotopic (exact) mass is 418 g/mol. The van der Waals surface area contributed by atoms with Gasteiger partial charge in [0.05, 0.1) is 24.8 Å². The van der Waals surface area contributed by atoms with E-state index in [4.69, 9.17) is 0 Å². The summed E-state index contributed by atoms with van der Waals surface area (Å²) in [5, 5.41) is 42.2. The number of nitrogens with one attached hydrogen (secondary N) is 1. The molecule has 162 valence electrons. The molecule has 0 radical (unpaired) electrons. The van der Waals surface area contributed by atoms with Crippen LogP contribution >= 0.6 is 0 Å². The first-order valence-electron chi connectivity index (χ1n) is 9.84. The van der Waals surface area contributed by atoms with E-state index in [0.717, 1.165) is 11.1 Å². The zero-order valence-electron chi connectivity index (χ0n) is 16.6. The molecule has 2 aromatic carbocycles. The van der Waals surface area contributed by atoms with Crippen molar-refractivity contribution in [2.24, 2.45) is 0 Å². The topological polar surface area (TPSA) is 113 Å². The average Bonchev–Trinajstić information content (AvgIpc) is 2.73. The number of carbonyl (C=O) groups excluding carboxylic acids is 1. The maximum absolute atomic E-state index is 13.0. The molecule has 5 atom stereocenters. The number of benzene rings is 2. The molecule has 30 heavy (non-hydrogen) atoms. The highest BCUT2D eigenvalue weighted by atomic mass is 19.1. The first-order chi connectivity index (χ1) is 14.3. The second-order valence-electron chi connectivity index (χ2n) is 7.67. The van der Waals surface area contributed by atoms with Gasteiger partial charge in [-0.1, -0.05) is 24.3 Å². The minimum absolute atomic E-state index is 0.112. The Morgan fingerprint density at radius 2 is 1.73 bits per heavy atom. The Morgan fingerprint density at radius 1 is 1.10 bits per heavy atom. The van der Waals surface area contributed by atoms with E-state index < -0.39 is 24.4 Å². The highest BCUT2D eigenvalue weighted by molar-refractivity contribution is 5.94.